The number of likely N-dealkylation sites (tertiary alicyclic amines) is 1. The Hall–Kier alpha value is -1.65. The fourth-order valence-electron chi connectivity index (χ4n) is 2.08. The van der Waals surface area contributed by atoms with Gasteiger partial charge in [0.25, 0.3) is 0 Å². The van der Waals surface area contributed by atoms with Crippen molar-refractivity contribution in [2.45, 2.75) is 46.1 Å². The number of anilines is 1. The van der Waals surface area contributed by atoms with Crippen LogP contribution in [0.2, 0.25) is 0 Å². The average Bonchev–Trinajstić information content (AvgIpc) is 2.50. The van der Waals surface area contributed by atoms with Crippen molar-refractivity contribution < 1.29 is 4.79 Å². The molecule has 1 aromatic heterocycles. The molecule has 1 amide bonds. The van der Waals surface area contributed by atoms with Crippen LogP contribution in [-0.4, -0.2) is 39.9 Å². The zero-order valence-electron chi connectivity index (χ0n) is 12.1. The summed E-state index contributed by atoms with van der Waals surface area (Å²) in [6, 6.07) is 2.27. The van der Waals surface area contributed by atoms with E-state index in [0.29, 0.717) is 12.5 Å². The quantitative estimate of drug-likeness (QED) is 0.910. The summed E-state index contributed by atoms with van der Waals surface area (Å²) in [5.74, 6) is 1.12. The van der Waals surface area contributed by atoms with Gasteiger partial charge in [0.05, 0.1) is 0 Å². The van der Waals surface area contributed by atoms with Gasteiger partial charge in [-0.15, -0.1) is 0 Å². The first kappa shape index (κ1) is 15.4. The lowest BCUT2D eigenvalue weighted by Gasteiger charge is -2.32. The fourth-order valence-corrected chi connectivity index (χ4v) is 2.08. The molecule has 2 heterocycles. The highest BCUT2D eigenvalue weighted by Gasteiger charge is 2.21. The van der Waals surface area contributed by atoms with Crippen LogP contribution < -0.4 is 5.32 Å². The van der Waals surface area contributed by atoms with Crippen molar-refractivity contribution in [3.05, 3.63) is 18.6 Å². The lowest BCUT2D eigenvalue weighted by molar-refractivity contribution is -0.131. The van der Waals surface area contributed by atoms with E-state index in [9.17, 15) is 4.79 Å². The van der Waals surface area contributed by atoms with Gasteiger partial charge in [-0.3, -0.25) is 4.79 Å². The first-order valence-electron chi connectivity index (χ1n) is 7.10. The lowest BCUT2D eigenvalue weighted by Crippen LogP contribution is -2.42. The Morgan fingerprint density at radius 1 is 1.42 bits per heavy atom. The van der Waals surface area contributed by atoms with Gasteiger partial charge in [-0.25, -0.2) is 9.97 Å². The Kier molecular flexibility index (Phi) is 6.85. The van der Waals surface area contributed by atoms with E-state index in [0.717, 1.165) is 31.7 Å². The topological polar surface area (TPSA) is 58.1 Å². The van der Waals surface area contributed by atoms with Crippen molar-refractivity contribution in [2.24, 2.45) is 0 Å². The van der Waals surface area contributed by atoms with E-state index in [1.165, 1.54) is 6.33 Å². The van der Waals surface area contributed by atoms with E-state index in [2.05, 4.69) is 15.3 Å². The van der Waals surface area contributed by atoms with Crippen molar-refractivity contribution in [3.63, 3.8) is 0 Å². The molecule has 1 aliphatic rings. The number of aromatic nitrogens is 2. The summed E-state index contributed by atoms with van der Waals surface area (Å²) in [6.45, 7) is 7.60. The molecular weight excluding hydrogens is 240 g/mol. The van der Waals surface area contributed by atoms with Gasteiger partial charge in [0.15, 0.2) is 0 Å². The van der Waals surface area contributed by atoms with E-state index >= 15 is 0 Å². The number of nitrogens with one attached hydrogen (secondary N) is 1. The molecule has 1 fully saturated rings. The molecule has 106 valence electrons. The first-order chi connectivity index (χ1) is 9.29. The summed E-state index contributed by atoms with van der Waals surface area (Å²) < 4.78 is 0. The van der Waals surface area contributed by atoms with E-state index < -0.39 is 0 Å². The zero-order valence-corrected chi connectivity index (χ0v) is 12.1. The standard InChI is InChI=1S/C12H18N4O.C2H6/c1-2-12(17)16-7-4-10(5-8-16)15-11-3-6-13-9-14-11;1-2/h3,6,9-10H,2,4-5,7-8H2,1H3,(H,13,14,15);1-2H3. The number of piperidine rings is 1. The van der Waals surface area contributed by atoms with Crippen LogP contribution in [0.4, 0.5) is 5.82 Å². The van der Waals surface area contributed by atoms with Gasteiger partial charge in [0.2, 0.25) is 5.91 Å². The molecule has 0 aliphatic carbocycles. The van der Waals surface area contributed by atoms with Gasteiger partial charge in [-0.2, -0.15) is 0 Å². The van der Waals surface area contributed by atoms with Gasteiger partial charge in [-0.1, -0.05) is 20.8 Å². The predicted molar refractivity (Wildman–Crippen MR) is 76.9 cm³/mol. The summed E-state index contributed by atoms with van der Waals surface area (Å²) in [7, 11) is 0. The van der Waals surface area contributed by atoms with Gasteiger partial charge in [0, 0.05) is 31.7 Å². The molecule has 0 bridgehead atoms. The molecule has 19 heavy (non-hydrogen) atoms. The molecule has 1 aromatic rings. The summed E-state index contributed by atoms with van der Waals surface area (Å²) in [6.07, 6.45) is 5.83. The number of rotatable bonds is 3. The third kappa shape index (κ3) is 4.85. The second kappa shape index (κ2) is 8.45. The van der Waals surface area contributed by atoms with Crippen molar-refractivity contribution in [2.75, 3.05) is 18.4 Å². The lowest BCUT2D eigenvalue weighted by atomic mass is 10.0. The Labute approximate surface area is 115 Å². The van der Waals surface area contributed by atoms with Gasteiger partial charge >= 0.3 is 0 Å². The molecule has 0 radical (unpaired) electrons. The molecule has 1 N–H and O–H groups in total. The fraction of sp³-hybridized carbons (Fsp3) is 0.643. The van der Waals surface area contributed by atoms with Crippen molar-refractivity contribution in [3.8, 4) is 0 Å². The number of carbonyl (C=O) groups excluding carboxylic acids is 1. The van der Waals surface area contributed by atoms with E-state index in [4.69, 9.17) is 0 Å². The van der Waals surface area contributed by atoms with Gasteiger partial charge in [-0.05, 0) is 18.9 Å². The van der Waals surface area contributed by atoms with E-state index in [-0.39, 0.29) is 5.91 Å². The summed E-state index contributed by atoms with van der Waals surface area (Å²) in [5.41, 5.74) is 0. The Morgan fingerprint density at radius 2 is 2.11 bits per heavy atom. The van der Waals surface area contributed by atoms with Crippen LogP contribution in [0, 0.1) is 0 Å². The van der Waals surface area contributed by atoms with Crippen LogP contribution in [0.25, 0.3) is 0 Å². The van der Waals surface area contributed by atoms with E-state index in [1.807, 2.05) is 31.7 Å². The highest BCUT2D eigenvalue weighted by atomic mass is 16.2. The maximum absolute atomic E-state index is 11.5. The number of nitrogens with zero attached hydrogens (tertiary/aromatic N) is 3. The summed E-state index contributed by atoms with van der Waals surface area (Å²) in [4.78, 5) is 21.5. The molecular formula is C14H24N4O. The number of carbonyl (C=O) groups is 1. The minimum atomic E-state index is 0.255. The maximum atomic E-state index is 11.5. The molecule has 0 atom stereocenters. The third-order valence-corrected chi connectivity index (χ3v) is 3.08. The van der Waals surface area contributed by atoms with Crippen LogP contribution in [0.1, 0.15) is 40.0 Å². The SMILES string of the molecule is CC.CCC(=O)N1CCC(Nc2ccncn2)CC1. The maximum Gasteiger partial charge on any atom is 0.222 e. The monoisotopic (exact) mass is 264 g/mol. The minimum Gasteiger partial charge on any atom is -0.367 e. The molecule has 2 rings (SSSR count). The number of amides is 1. The van der Waals surface area contributed by atoms with Gasteiger partial charge < -0.3 is 10.2 Å². The van der Waals surface area contributed by atoms with Crippen molar-refractivity contribution in [1.82, 2.24) is 14.9 Å². The average molecular weight is 264 g/mol. The smallest absolute Gasteiger partial charge is 0.222 e. The Morgan fingerprint density at radius 3 is 2.63 bits per heavy atom. The first-order valence-corrected chi connectivity index (χ1v) is 7.10. The highest BCUT2D eigenvalue weighted by molar-refractivity contribution is 5.75. The van der Waals surface area contributed by atoms with Crippen molar-refractivity contribution in [1.29, 1.82) is 0 Å². The minimum absolute atomic E-state index is 0.255. The summed E-state index contributed by atoms with van der Waals surface area (Å²) >= 11 is 0. The van der Waals surface area contributed by atoms with Crippen molar-refractivity contribution >= 4 is 11.7 Å². The highest BCUT2D eigenvalue weighted by Crippen LogP contribution is 2.15. The molecule has 1 saturated heterocycles. The molecule has 5 nitrogen and oxygen atoms in total. The zero-order chi connectivity index (χ0) is 14.1. The second-order valence-corrected chi connectivity index (χ2v) is 4.25. The van der Waals surface area contributed by atoms with Crippen LogP contribution >= 0.6 is 0 Å². The second-order valence-electron chi connectivity index (χ2n) is 4.25. The molecule has 0 spiro atoms. The Balaban J connectivity index is 0.000000861. The molecule has 5 heteroatoms. The van der Waals surface area contributed by atoms with Crippen LogP contribution in [-0.2, 0) is 4.79 Å². The van der Waals surface area contributed by atoms with Crippen LogP contribution in [0.15, 0.2) is 18.6 Å². The normalized spacial score (nSPS) is 15.4. The van der Waals surface area contributed by atoms with Gasteiger partial charge in [0.1, 0.15) is 12.1 Å². The third-order valence-electron chi connectivity index (χ3n) is 3.08. The summed E-state index contributed by atoms with van der Waals surface area (Å²) in [5, 5.41) is 3.37. The van der Waals surface area contributed by atoms with Crippen LogP contribution in [0.5, 0.6) is 0 Å². The number of hydrogen-bond acceptors (Lipinski definition) is 4. The molecule has 0 unspecified atom stereocenters. The number of hydrogen-bond donors (Lipinski definition) is 1. The predicted octanol–water partition coefficient (Wildman–Crippen LogP) is 2.32. The van der Waals surface area contributed by atoms with E-state index in [1.54, 1.807) is 6.20 Å². The van der Waals surface area contributed by atoms with Crippen LogP contribution in [0.3, 0.4) is 0 Å². The Bertz CT molecular complexity index is 361. The largest absolute Gasteiger partial charge is 0.367 e. The molecule has 0 aromatic carbocycles. The molecule has 0 saturated carbocycles. The molecule has 1 aliphatic heterocycles.